The molecule has 2 rings (SSSR count). The molecule has 0 atom stereocenters. The minimum absolute atomic E-state index is 0.769. The molecular formula is C14H15ClN2. The van der Waals surface area contributed by atoms with Crippen molar-refractivity contribution < 1.29 is 0 Å². The molecule has 0 amide bonds. The van der Waals surface area contributed by atoms with E-state index in [1.807, 2.05) is 43.5 Å². The van der Waals surface area contributed by atoms with E-state index in [4.69, 9.17) is 11.6 Å². The lowest BCUT2D eigenvalue weighted by atomic mass is 10.2. The summed E-state index contributed by atoms with van der Waals surface area (Å²) in [5.41, 5.74) is 3.24. The number of rotatable bonds is 4. The molecule has 88 valence electrons. The number of benzene rings is 1. The Kier molecular flexibility index (Phi) is 3.99. The Hall–Kier alpha value is -1.54. The molecule has 0 fully saturated rings. The summed E-state index contributed by atoms with van der Waals surface area (Å²) >= 11 is 6.13. The molecule has 1 aromatic heterocycles. The number of nitrogens with one attached hydrogen (secondary N) is 1. The van der Waals surface area contributed by atoms with Crippen LogP contribution >= 0.6 is 11.6 Å². The van der Waals surface area contributed by atoms with Gasteiger partial charge in [0.25, 0.3) is 0 Å². The molecule has 1 N–H and O–H groups in total. The molecular weight excluding hydrogens is 232 g/mol. The Morgan fingerprint density at radius 2 is 2.12 bits per heavy atom. The number of aryl methyl sites for hydroxylation is 1. The molecule has 2 aromatic rings. The van der Waals surface area contributed by atoms with Crippen LogP contribution in [0.5, 0.6) is 0 Å². The van der Waals surface area contributed by atoms with E-state index in [0.29, 0.717) is 0 Å². The second-order valence-electron chi connectivity index (χ2n) is 3.98. The van der Waals surface area contributed by atoms with E-state index in [1.165, 1.54) is 5.56 Å². The van der Waals surface area contributed by atoms with Crippen molar-refractivity contribution in [3.8, 4) is 0 Å². The highest BCUT2D eigenvalue weighted by atomic mass is 35.5. The Morgan fingerprint density at radius 3 is 2.82 bits per heavy atom. The number of hydrogen-bond donors (Lipinski definition) is 1. The lowest BCUT2D eigenvalue weighted by Gasteiger charge is -2.08. The van der Waals surface area contributed by atoms with E-state index < -0.39 is 0 Å². The van der Waals surface area contributed by atoms with Gasteiger partial charge in [-0.3, -0.25) is 4.98 Å². The SMILES string of the molecule is Cc1ccc(NCCc2ccccn2)c(Cl)c1. The molecule has 17 heavy (non-hydrogen) atoms. The summed E-state index contributed by atoms with van der Waals surface area (Å²) in [5.74, 6) is 0. The third-order valence-corrected chi connectivity index (χ3v) is 2.86. The van der Waals surface area contributed by atoms with Crippen molar-refractivity contribution in [2.45, 2.75) is 13.3 Å². The minimum atomic E-state index is 0.769. The van der Waals surface area contributed by atoms with Crippen LogP contribution < -0.4 is 5.32 Å². The fourth-order valence-electron chi connectivity index (χ4n) is 1.63. The molecule has 1 heterocycles. The minimum Gasteiger partial charge on any atom is -0.383 e. The maximum absolute atomic E-state index is 6.13. The standard InChI is InChI=1S/C14H15ClN2/c1-11-5-6-14(13(15)10-11)17-9-7-12-4-2-3-8-16-12/h2-6,8,10,17H,7,9H2,1H3. The summed E-state index contributed by atoms with van der Waals surface area (Å²) in [6, 6.07) is 12.0. The summed E-state index contributed by atoms with van der Waals surface area (Å²) in [7, 11) is 0. The highest BCUT2D eigenvalue weighted by molar-refractivity contribution is 6.33. The molecule has 0 radical (unpaired) electrons. The third kappa shape index (κ3) is 3.46. The van der Waals surface area contributed by atoms with Gasteiger partial charge >= 0.3 is 0 Å². The van der Waals surface area contributed by atoms with Crippen LogP contribution in [0, 0.1) is 6.92 Å². The maximum Gasteiger partial charge on any atom is 0.0640 e. The predicted octanol–water partition coefficient (Wildman–Crippen LogP) is 3.70. The first kappa shape index (κ1) is 11.9. The third-order valence-electron chi connectivity index (χ3n) is 2.55. The van der Waals surface area contributed by atoms with Crippen LogP contribution in [0.1, 0.15) is 11.3 Å². The van der Waals surface area contributed by atoms with Gasteiger partial charge in [-0.05, 0) is 36.8 Å². The lowest BCUT2D eigenvalue weighted by molar-refractivity contribution is 0.961. The zero-order chi connectivity index (χ0) is 12.1. The first-order chi connectivity index (χ1) is 8.25. The van der Waals surface area contributed by atoms with Gasteiger partial charge in [0.2, 0.25) is 0 Å². The van der Waals surface area contributed by atoms with Gasteiger partial charge in [0.15, 0.2) is 0 Å². The van der Waals surface area contributed by atoms with Crippen molar-refractivity contribution in [3.05, 3.63) is 58.9 Å². The van der Waals surface area contributed by atoms with Crippen LogP contribution in [0.4, 0.5) is 5.69 Å². The van der Waals surface area contributed by atoms with Crippen molar-refractivity contribution in [1.82, 2.24) is 4.98 Å². The van der Waals surface area contributed by atoms with Crippen molar-refractivity contribution in [2.24, 2.45) is 0 Å². The first-order valence-electron chi connectivity index (χ1n) is 5.65. The Labute approximate surface area is 107 Å². The first-order valence-corrected chi connectivity index (χ1v) is 6.03. The highest BCUT2D eigenvalue weighted by Gasteiger charge is 1.99. The fraction of sp³-hybridized carbons (Fsp3) is 0.214. The Morgan fingerprint density at radius 1 is 1.24 bits per heavy atom. The predicted molar refractivity (Wildman–Crippen MR) is 72.6 cm³/mol. The number of anilines is 1. The molecule has 0 saturated heterocycles. The van der Waals surface area contributed by atoms with Gasteiger partial charge in [-0.15, -0.1) is 0 Å². The van der Waals surface area contributed by atoms with Gasteiger partial charge in [-0.2, -0.15) is 0 Å². The van der Waals surface area contributed by atoms with Crippen LogP contribution in [-0.4, -0.2) is 11.5 Å². The monoisotopic (exact) mass is 246 g/mol. The summed E-state index contributed by atoms with van der Waals surface area (Å²) in [6.07, 6.45) is 2.71. The summed E-state index contributed by atoms with van der Waals surface area (Å²) in [4.78, 5) is 4.27. The summed E-state index contributed by atoms with van der Waals surface area (Å²) < 4.78 is 0. The average Bonchev–Trinajstić information content (AvgIpc) is 2.33. The normalized spacial score (nSPS) is 10.2. The van der Waals surface area contributed by atoms with Gasteiger partial charge in [-0.25, -0.2) is 0 Å². The van der Waals surface area contributed by atoms with Crippen molar-refractivity contribution in [1.29, 1.82) is 0 Å². The smallest absolute Gasteiger partial charge is 0.0640 e. The Balaban J connectivity index is 1.90. The summed E-state index contributed by atoms with van der Waals surface area (Å²) in [6.45, 7) is 2.86. The van der Waals surface area contributed by atoms with Crippen LogP contribution in [0.3, 0.4) is 0 Å². The molecule has 3 heteroatoms. The Bertz CT molecular complexity index is 483. The largest absolute Gasteiger partial charge is 0.383 e. The number of hydrogen-bond acceptors (Lipinski definition) is 2. The molecule has 0 saturated carbocycles. The van der Waals surface area contributed by atoms with Gasteiger partial charge < -0.3 is 5.32 Å². The van der Waals surface area contributed by atoms with Crippen molar-refractivity contribution in [3.63, 3.8) is 0 Å². The van der Waals surface area contributed by atoms with Gasteiger partial charge in [0.05, 0.1) is 10.7 Å². The molecule has 0 aliphatic rings. The topological polar surface area (TPSA) is 24.9 Å². The number of halogens is 1. The van der Waals surface area contributed by atoms with E-state index in [0.717, 1.165) is 29.4 Å². The number of nitrogens with zero attached hydrogens (tertiary/aromatic N) is 1. The van der Waals surface area contributed by atoms with Crippen molar-refractivity contribution >= 4 is 17.3 Å². The number of pyridine rings is 1. The van der Waals surface area contributed by atoms with Crippen LogP contribution in [0.25, 0.3) is 0 Å². The van der Waals surface area contributed by atoms with E-state index in [1.54, 1.807) is 0 Å². The summed E-state index contributed by atoms with van der Waals surface area (Å²) in [5, 5.41) is 4.09. The molecule has 0 aliphatic heterocycles. The average molecular weight is 247 g/mol. The van der Waals surface area contributed by atoms with Crippen LogP contribution in [0.2, 0.25) is 5.02 Å². The highest BCUT2D eigenvalue weighted by Crippen LogP contribution is 2.22. The zero-order valence-electron chi connectivity index (χ0n) is 9.78. The quantitative estimate of drug-likeness (QED) is 0.890. The lowest BCUT2D eigenvalue weighted by Crippen LogP contribution is -2.06. The fourth-order valence-corrected chi connectivity index (χ4v) is 1.94. The van der Waals surface area contributed by atoms with Crippen LogP contribution in [-0.2, 0) is 6.42 Å². The molecule has 0 aliphatic carbocycles. The molecule has 1 aromatic carbocycles. The van der Waals surface area contributed by atoms with E-state index >= 15 is 0 Å². The molecule has 0 spiro atoms. The van der Waals surface area contributed by atoms with E-state index in [-0.39, 0.29) is 0 Å². The zero-order valence-corrected chi connectivity index (χ0v) is 10.5. The van der Waals surface area contributed by atoms with Crippen molar-refractivity contribution in [2.75, 3.05) is 11.9 Å². The molecule has 0 bridgehead atoms. The second kappa shape index (κ2) is 5.69. The van der Waals surface area contributed by atoms with Crippen LogP contribution in [0.15, 0.2) is 42.6 Å². The molecule has 2 nitrogen and oxygen atoms in total. The second-order valence-corrected chi connectivity index (χ2v) is 4.39. The number of aromatic nitrogens is 1. The van der Waals surface area contributed by atoms with Gasteiger partial charge in [-0.1, -0.05) is 23.7 Å². The van der Waals surface area contributed by atoms with Gasteiger partial charge in [0, 0.05) is 24.9 Å². The molecule has 0 unspecified atom stereocenters. The van der Waals surface area contributed by atoms with E-state index in [2.05, 4.69) is 16.4 Å². The van der Waals surface area contributed by atoms with E-state index in [9.17, 15) is 0 Å². The maximum atomic E-state index is 6.13. The van der Waals surface area contributed by atoms with Gasteiger partial charge in [0.1, 0.15) is 0 Å².